The van der Waals surface area contributed by atoms with E-state index in [1.54, 1.807) is 0 Å². The molecule has 2 N–H and O–H groups in total. The van der Waals surface area contributed by atoms with Crippen LogP contribution in [0.25, 0.3) is 6.08 Å². The Morgan fingerprint density at radius 3 is 2.40 bits per heavy atom. The highest BCUT2D eigenvalue weighted by atomic mass is 16.5. The lowest BCUT2D eigenvalue weighted by Gasteiger charge is -2.07. The molecule has 2 heteroatoms. The van der Waals surface area contributed by atoms with Crippen LogP contribution in [0.3, 0.4) is 0 Å². The van der Waals surface area contributed by atoms with Crippen LogP contribution in [0.4, 0.5) is 0 Å². The third-order valence-electron chi connectivity index (χ3n) is 2.94. The summed E-state index contributed by atoms with van der Waals surface area (Å²) in [6.07, 6.45) is 4.98. The maximum atomic E-state index is 5.78. The van der Waals surface area contributed by atoms with E-state index in [-0.39, 0.29) is 6.04 Å². The second kappa shape index (κ2) is 7.51. The molecule has 0 aliphatic carbocycles. The summed E-state index contributed by atoms with van der Waals surface area (Å²) in [7, 11) is 0. The minimum atomic E-state index is 0.190. The van der Waals surface area contributed by atoms with Crippen molar-refractivity contribution in [2.75, 3.05) is 6.61 Å². The van der Waals surface area contributed by atoms with E-state index in [2.05, 4.69) is 30.3 Å². The lowest BCUT2D eigenvalue weighted by atomic mass is 10.1. The summed E-state index contributed by atoms with van der Waals surface area (Å²) in [5.41, 5.74) is 8.20. The fourth-order valence-electron chi connectivity index (χ4n) is 1.99. The van der Waals surface area contributed by atoms with Crippen molar-refractivity contribution in [2.45, 2.75) is 19.4 Å². The fourth-order valence-corrected chi connectivity index (χ4v) is 1.99. The van der Waals surface area contributed by atoms with Crippen molar-refractivity contribution >= 4 is 6.08 Å². The van der Waals surface area contributed by atoms with Crippen LogP contribution in [0, 0.1) is 0 Å². The predicted molar refractivity (Wildman–Crippen MR) is 84.8 cm³/mol. The van der Waals surface area contributed by atoms with Gasteiger partial charge in [-0.25, -0.2) is 0 Å². The second-order valence-electron chi connectivity index (χ2n) is 4.95. The first-order chi connectivity index (χ1) is 9.74. The third-order valence-corrected chi connectivity index (χ3v) is 2.94. The van der Waals surface area contributed by atoms with Crippen molar-refractivity contribution in [3.63, 3.8) is 0 Å². The normalized spacial score (nSPS) is 12.5. The van der Waals surface area contributed by atoms with Crippen molar-refractivity contribution in [3.05, 3.63) is 71.8 Å². The Morgan fingerprint density at radius 1 is 1.05 bits per heavy atom. The largest absolute Gasteiger partial charge is 0.490 e. The monoisotopic (exact) mass is 267 g/mol. The predicted octanol–water partition coefficient (Wildman–Crippen LogP) is 3.67. The average molecular weight is 267 g/mol. The fraction of sp³-hybridized carbons (Fsp3) is 0.222. The molecular formula is C18H21NO. The first-order valence-corrected chi connectivity index (χ1v) is 6.93. The van der Waals surface area contributed by atoms with E-state index in [4.69, 9.17) is 10.5 Å². The molecule has 0 saturated carbocycles. The minimum absolute atomic E-state index is 0.190. The van der Waals surface area contributed by atoms with Crippen molar-refractivity contribution in [1.29, 1.82) is 0 Å². The van der Waals surface area contributed by atoms with Crippen molar-refractivity contribution in [2.24, 2.45) is 5.73 Å². The molecule has 104 valence electrons. The Kier molecular flexibility index (Phi) is 5.39. The molecule has 0 spiro atoms. The van der Waals surface area contributed by atoms with Gasteiger partial charge in [0.15, 0.2) is 0 Å². The summed E-state index contributed by atoms with van der Waals surface area (Å²) in [6.45, 7) is 2.58. The van der Waals surface area contributed by atoms with Gasteiger partial charge in [0.1, 0.15) is 12.4 Å². The van der Waals surface area contributed by atoms with E-state index in [0.717, 1.165) is 12.2 Å². The Morgan fingerprint density at radius 2 is 1.75 bits per heavy atom. The lowest BCUT2D eigenvalue weighted by molar-refractivity contribution is 0.363. The van der Waals surface area contributed by atoms with Gasteiger partial charge in [0, 0.05) is 6.04 Å². The van der Waals surface area contributed by atoms with Gasteiger partial charge in [0.05, 0.1) is 0 Å². The van der Waals surface area contributed by atoms with Gasteiger partial charge in [-0.15, -0.1) is 0 Å². The quantitative estimate of drug-likeness (QED) is 0.866. The Bertz CT molecular complexity index is 529. The Labute approximate surface area is 120 Å². The summed E-state index contributed by atoms with van der Waals surface area (Å²) in [6, 6.07) is 18.5. The van der Waals surface area contributed by atoms with E-state index >= 15 is 0 Å². The summed E-state index contributed by atoms with van der Waals surface area (Å²) in [4.78, 5) is 0. The Hall–Kier alpha value is -2.06. The van der Waals surface area contributed by atoms with Gasteiger partial charge in [0.2, 0.25) is 0 Å². The molecule has 0 fully saturated rings. The average Bonchev–Trinajstić information content (AvgIpc) is 2.46. The summed E-state index contributed by atoms with van der Waals surface area (Å²) < 4.78 is 5.67. The molecular weight excluding hydrogens is 246 g/mol. The molecule has 20 heavy (non-hydrogen) atoms. The maximum Gasteiger partial charge on any atom is 0.119 e. The standard InChI is InChI=1S/C18H21NO/c1-15(19)14-17-9-11-18(12-10-17)20-13-5-8-16-6-3-2-4-7-16/h2-12,15H,13-14,19H2,1H3/b8-5+. The highest BCUT2D eigenvalue weighted by molar-refractivity contribution is 5.48. The summed E-state index contributed by atoms with van der Waals surface area (Å²) in [5.74, 6) is 0.885. The van der Waals surface area contributed by atoms with Gasteiger partial charge in [-0.3, -0.25) is 0 Å². The molecule has 2 aromatic carbocycles. The molecule has 1 unspecified atom stereocenters. The van der Waals surface area contributed by atoms with Crippen LogP contribution >= 0.6 is 0 Å². The zero-order chi connectivity index (χ0) is 14.2. The Balaban J connectivity index is 1.81. The lowest BCUT2D eigenvalue weighted by Crippen LogP contribution is -2.17. The van der Waals surface area contributed by atoms with Crippen molar-refractivity contribution in [3.8, 4) is 5.75 Å². The summed E-state index contributed by atoms with van der Waals surface area (Å²) in [5, 5.41) is 0. The van der Waals surface area contributed by atoms with Crippen LogP contribution in [0.15, 0.2) is 60.7 Å². The van der Waals surface area contributed by atoms with Gasteiger partial charge < -0.3 is 10.5 Å². The zero-order valence-corrected chi connectivity index (χ0v) is 11.8. The molecule has 0 aromatic heterocycles. The molecule has 2 rings (SSSR count). The molecule has 0 amide bonds. The molecule has 0 saturated heterocycles. The molecule has 1 atom stereocenters. The number of ether oxygens (including phenoxy) is 1. The van der Waals surface area contributed by atoms with E-state index in [9.17, 15) is 0 Å². The zero-order valence-electron chi connectivity index (χ0n) is 11.8. The van der Waals surface area contributed by atoms with Gasteiger partial charge in [-0.2, -0.15) is 0 Å². The number of hydrogen-bond donors (Lipinski definition) is 1. The van der Waals surface area contributed by atoms with Crippen LogP contribution in [0.5, 0.6) is 5.75 Å². The first-order valence-electron chi connectivity index (χ1n) is 6.93. The molecule has 0 radical (unpaired) electrons. The van der Waals surface area contributed by atoms with Crippen LogP contribution in [-0.2, 0) is 6.42 Å². The van der Waals surface area contributed by atoms with Gasteiger partial charge >= 0.3 is 0 Å². The molecule has 0 aliphatic heterocycles. The molecule has 0 bridgehead atoms. The van der Waals surface area contributed by atoms with Crippen molar-refractivity contribution < 1.29 is 4.74 Å². The van der Waals surface area contributed by atoms with Gasteiger partial charge in [0.25, 0.3) is 0 Å². The second-order valence-corrected chi connectivity index (χ2v) is 4.95. The first kappa shape index (κ1) is 14.4. The summed E-state index contributed by atoms with van der Waals surface area (Å²) >= 11 is 0. The van der Waals surface area contributed by atoms with Crippen LogP contribution in [0.1, 0.15) is 18.1 Å². The highest BCUT2D eigenvalue weighted by Crippen LogP contribution is 2.13. The van der Waals surface area contributed by atoms with Gasteiger partial charge in [-0.1, -0.05) is 48.5 Å². The van der Waals surface area contributed by atoms with E-state index in [0.29, 0.717) is 6.61 Å². The minimum Gasteiger partial charge on any atom is -0.490 e. The highest BCUT2D eigenvalue weighted by Gasteiger charge is 1.98. The number of hydrogen-bond acceptors (Lipinski definition) is 2. The number of rotatable bonds is 6. The molecule has 0 heterocycles. The molecule has 2 nitrogen and oxygen atoms in total. The third kappa shape index (κ3) is 4.90. The topological polar surface area (TPSA) is 35.2 Å². The smallest absolute Gasteiger partial charge is 0.119 e. The van der Waals surface area contributed by atoms with Crippen LogP contribution in [-0.4, -0.2) is 12.6 Å². The number of benzene rings is 2. The van der Waals surface area contributed by atoms with E-state index in [1.807, 2.05) is 43.3 Å². The van der Waals surface area contributed by atoms with Crippen LogP contribution in [0.2, 0.25) is 0 Å². The van der Waals surface area contributed by atoms with Gasteiger partial charge in [-0.05, 0) is 42.7 Å². The van der Waals surface area contributed by atoms with E-state index < -0.39 is 0 Å². The molecule has 2 aromatic rings. The SMILES string of the molecule is CC(N)Cc1ccc(OC/C=C/c2ccccc2)cc1. The molecule has 0 aliphatic rings. The van der Waals surface area contributed by atoms with Crippen molar-refractivity contribution in [1.82, 2.24) is 0 Å². The van der Waals surface area contributed by atoms with Crippen LogP contribution < -0.4 is 10.5 Å². The maximum absolute atomic E-state index is 5.78. The van der Waals surface area contributed by atoms with E-state index in [1.165, 1.54) is 11.1 Å². The number of nitrogens with two attached hydrogens (primary N) is 1.